The monoisotopic (exact) mass is 1280 g/mol. The molecule has 0 radical (unpaired) electrons. The zero-order valence-corrected chi connectivity index (χ0v) is 51.9. The first-order valence-corrected chi connectivity index (χ1v) is 32.1. The summed E-state index contributed by atoms with van der Waals surface area (Å²) in [5.74, 6) is -4.82. The molecule has 2 saturated heterocycles. The van der Waals surface area contributed by atoms with E-state index < -0.39 is 35.1 Å². The van der Waals surface area contributed by atoms with Gasteiger partial charge in [0.25, 0.3) is 0 Å². The zero-order chi connectivity index (χ0) is 63.6. The van der Waals surface area contributed by atoms with Crippen molar-refractivity contribution >= 4 is 11.9 Å². The number of halogens is 5. The molecular formula is C65H87F5N8O13. The number of ether oxygens (including phenoxy) is 11. The average molecular weight is 1280 g/mol. The van der Waals surface area contributed by atoms with Crippen LogP contribution in [0.1, 0.15) is 125 Å². The van der Waals surface area contributed by atoms with Gasteiger partial charge in [-0.05, 0) is 87.6 Å². The van der Waals surface area contributed by atoms with Crippen LogP contribution in [0.4, 0.5) is 22.0 Å². The third-order valence-electron chi connectivity index (χ3n) is 16.9. The number of hydrogen-bond donors (Lipinski definition) is 1. The highest BCUT2D eigenvalue weighted by molar-refractivity contribution is 5.79. The van der Waals surface area contributed by atoms with Crippen LogP contribution in [-0.2, 0) is 67.1 Å². The Hall–Kier alpha value is -6.23. The predicted octanol–water partition coefficient (Wildman–Crippen LogP) is 9.12. The fourth-order valence-electron chi connectivity index (χ4n) is 12.1. The lowest BCUT2D eigenvalue weighted by Crippen LogP contribution is -2.46. The molecule has 1 amide bonds. The van der Waals surface area contributed by atoms with Crippen LogP contribution in [-0.4, -0.2) is 183 Å². The molecule has 2 aromatic heterocycles. The van der Waals surface area contributed by atoms with Crippen LogP contribution < -0.4 is 19.5 Å². The summed E-state index contributed by atoms with van der Waals surface area (Å²) in [6.07, 6.45) is 9.31. The van der Waals surface area contributed by atoms with E-state index in [0.29, 0.717) is 135 Å². The number of carbonyl (C=O) groups is 2. The fraction of sp³-hybridized carbons (Fsp3) is 0.631. The molecule has 26 heteroatoms. The van der Waals surface area contributed by atoms with E-state index >= 15 is 0 Å². The number of nitrogens with zero attached hydrogens (tertiary/aromatic N) is 7. The summed E-state index contributed by atoms with van der Waals surface area (Å²) in [5, 5.41) is 21.0. The summed E-state index contributed by atoms with van der Waals surface area (Å²) in [6.45, 7) is 9.38. The lowest BCUT2D eigenvalue weighted by Gasteiger charge is -2.42. The number of hydrogen-bond acceptors (Lipinski definition) is 18. The van der Waals surface area contributed by atoms with Crippen molar-refractivity contribution in [2.24, 2.45) is 5.92 Å². The maximum absolute atomic E-state index is 13.9. The quantitative estimate of drug-likeness (QED) is 0.0167. The van der Waals surface area contributed by atoms with Crippen molar-refractivity contribution in [3.63, 3.8) is 0 Å². The normalized spacial score (nSPS) is 20.1. The van der Waals surface area contributed by atoms with E-state index in [2.05, 4.69) is 48.9 Å². The Kier molecular flexibility index (Phi) is 27.6. The number of alkyl halides is 2. The van der Waals surface area contributed by atoms with Gasteiger partial charge < -0.3 is 62.0 Å². The third-order valence-corrected chi connectivity index (χ3v) is 16.9. The predicted molar refractivity (Wildman–Crippen MR) is 320 cm³/mol. The van der Waals surface area contributed by atoms with Crippen molar-refractivity contribution in [1.29, 1.82) is 0 Å². The Labute approximate surface area is 528 Å². The number of nitrogens with one attached hydrogen (secondary N) is 1. The van der Waals surface area contributed by atoms with Crippen molar-refractivity contribution < 1.29 is 83.6 Å². The minimum atomic E-state index is -2.67. The maximum atomic E-state index is 13.9. The summed E-state index contributed by atoms with van der Waals surface area (Å²) in [6, 6.07) is 19.6. The van der Waals surface area contributed by atoms with E-state index in [-0.39, 0.29) is 81.8 Å². The summed E-state index contributed by atoms with van der Waals surface area (Å²) in [5.41, 5.74) is 1.74. The van der Waals surface area contributed by atoms with Crippen molar-refractivity contribution in [3.05, 3.63) is 113 Å². The van der Waals surface area contributed by atoms with Crippen LogP contribution in [0.15, 0.2) is 72.9 Å². The van der Waals surface area contributed by atoms with Gasteiger partial charge in [0, 0.05) is 67.9 Å². The molecule has 91 heavy (non-hydrogen) atoms. The van der Waals surface area contributed by atoms with E-state index in [9.17, 15) is 31.5 Å². The first-order valence-electron chi connectivity index (χ1n) is 32.1. The number of piperidine rings is 1. The number of amides is 1. The minimum Gasteiger partial charge on any atom is -0.491 e. The first kappa shape index (κ1) is 69.1. The first-order chi connectivity index (χ1) is 44.4. The molecule has 1 N–H and O–H groups in total. The largest absolute Gasteiger partial charge is 0.491 e. The van der Waals surface area contributed by atoms with E-state index in [4.69, 9.17) is 57.6 Å². The molecular weight excluding hydrogens is 1200 g/mol. The molecule has 21 nitrogen and oxygen atoms in total. The van der Waals surface area contributed by atoms with Gasteiger partial charge in [-0.1, -0.05) is 42.5 Å². The second-order valence-corrected chi connectivity index (χ2v) is 23.3. The van der Waals surface area contributed by atoms with E-state index in [1.807, 2.05) is 42.5 Å². The minimum absolute atomic E-state index is 0.0508. The van der Waals surface area contributed by atoms with E-state index in [1.165, 1.54) is 0 Å². The van der Waals surface area contributed by atoms with Crippen LogP contribution in [0.25, 0.3) is 0 Å². The van der Waals surface area contributed by atoms with Gasteiger partial charge in [-0.15, -0.1) is 15.3 Å². The van der Waals surface area contributed by atoms with Crippen LogP contribution in [0, 0.1) is 23.4 Å². The number of carbonyl (C=O) groups excluding carboxylic acids is 2. The number of esters is 1. The smallest absolute Gasteiger partial charge is 0.313 e. The maximum Gasteiger partial charge on any atom is 0.313 e. The summed E-state index contributed by atoms with van der Waals surface area (Å²) in [4.78, 5) is 27.9. The Morgan fingerprint density at radius 2 is 1.21 bits per heavy atom. The Morgan fingerprint density at radius 3 is 1.82 bits per heavy atom. The highest BCUT2D eigenvalue weighted by Gasteiger charge is 2.45. The van der Waals surface area contributed by atoms with Gasteiger partial charge >= 0.3 is 5.97 Å². The van der Waals surface area contributed by atoms with E-state index in [0.717, 1.165) is 86.6 Å². The molecule has 0 spiro atoms. The number of fused-ring (bicyclic) bond motifs is 2. The number of benzene rings is 3. The highest BCUT2D eigenvalue weighted by Crippen LogP contribution is 2.46. The molecule has 9 rings (SSSR count). The Bertz CT molecular complexity index is 2920. The third kappa shape index (κ3) is 21.9. The molecule has 4 fully saturated rings. The van der Waals surface area contributed by atoms with Gasteiger partial charge in [-0.25, -0.2) is 26.6 Å². The lowest BCUT2D eigenvalue weighted by atomic mass is 9.81. The second-order valence-electron chi connectivity index (χ2n) is 23.3. The van der Waals surface area contributed by atoms with Gasteiger partial charge in [-0.3, -0.25) is 14.5 Å². The molecule has 3 atom stereocenters. The van der Waals surface area contributed by atoms with Gasteiger partial charge in [-0.2, -0.15) is 0 Å². The molecule has 4 heterocycles. The number of aromatic nitrogens is 6. The summed E-state index contributed by atoms with van der Waals surface area (Å²) < 4.78 is 133. The summed E-state index contributed by atoms with van der Waals surface area (Å²) in [7, 11) is 0. The Morgan fingerprint density at radius 1 is 0.637 bits per heavy atom. The Balaban J connectivity index is 0.539. The standard InChI is InChI=1S/C65H87F5N8O13/c1-2-60-73-74-63(78(60)53-42-51-8-9-52(43-53)77(51)20-16-59(46-6-4-3-5-7-46)71-64(80)47-14-18-65(69,70)19-15-47)48-38-56(39-48)90-55-12-10-54(11-13-55)89-37-36-87-33-32-85-30-31-86-34-35-88-45-50-44-76(75-72-50)21-23-82-25-27-84-29-28-83-26-24-81-22-17-61(79)91-62-57(67)40-49(66)41-58(62)68/h3-7,10-13,40-41,44,47-48,51-53,56,59H,2,8-9,14-39,42-43,45H2,1H3,(H,71,80)/t48?,51?,52?,53?,56?,59-/m0/s1. The van der Waals surface area contributed by atoms with Gasteiger partial charge in [0.05, 0.1) is 131 Å². The molecule has 2 saturated carbocycles. The molecule has 2 bridgehead atoms. The van der Waals surface area contributed by atoms with Crippen LogP contribution in [0.3, 0.4) is 0 Å². The molecule has 4 aliphatic rings. The molecule has 2 unspecified atom stereocenters. The number of aryl methyl sites for hydroxylation is 1. The SMILES string of the molecule is CCc1nnc(C2CC(Oc3ccc(OCCOCCOCCOCCOCc4cn(CCOCCOCCOCCOCCC(=O)Oc5c(F)cc(F)cc5F)nn4)cc3)C2)n1C1CC2CCC(C1)N2CC[C@H](NC(=O)C1CCC(F)(F)CC1)c1ccccc1. The molecule has 3 aromatic carbocycles. The fourth-order valence-corrected chi connectivity index (χ4v) is 12.1. The molecule has 500 valence electrons. The topological polar surface area (TPSA) is 212 Å². The van der Waals surface area contributed by atoms with Gasteiger partial charge in [0.2, 0.25) is 17.6 Å². The van der Waals surface area contributed by atoms with E-state index in [1.54, 1.807) is 10.9 Å². The van der Waals surface area contributed by atoms with Gasteiger partial charge in [0.1, 0.15) is 47.4 Å². The lowest BCUT2D eigenvalue weighted by molar-refractivity contribution is -0.136. The molecule has 2 aliphatic heterocycles. The van der Waals surface area contributed by atoms with Crippen molar-refractivity contribution in [2.75, 3.05) is 112 Å². The van der Waals surface area contributed by atoms with Crippen molar-refractivity contribution in [3.8, 4) is 17.2 Å². The van der Waals surface area contributed by atoms with Gasteiger partial charge in [0.15, 0.2) is 11.6 Å². The van der Waals surface area contributed by atoms with Crippen LogP contribution in [0.2, 0.25) is 0 Å². The molecule has 5 aromatic rings. The zero-order valence-electron chi connectivity index (χ0n) is 51.9. The van der Waals surface area contributed by atoms with Crippen LogP contribution in [0.5, 0.6) is 17.2 Å². The average Bonchev–Trinajstić information content (AvgIpc) is 1.67. The van der Waals surface area contributed by atoms with Crippen molar-refractivity contribution in [2.45, 2.75) is 146 Å². The van der Waals surface area contributed by atoms with Crippen LogP contribution >= 0.6 is 0 Å². The van der Waals surface area contributed by atoms with Crippen molar-refractivity contribution in [1.82, 2.24) is 40.0 Å². The highest BCUT2D eigenvalue weighted by atomic mass is 19.3. The summed E-state index contributed by atoms with van der Waals surface area (Å²) >= 11 is 0. The molecule has 2 aliphatic carbocycles. The second kappa shape index (κ2) is 36.3. The number of rotatable bonds is 42.